The first-order chi connectivity index (χ1) is 8.18. The number of anilines is 1. The number of hydrogen-bond donors (Lipinski definition) is 1. The Hall–Kier alpha value is -1.77. The summed E-state index contributed by atoms with van der Waals surface area (Å²) in [6, 6.07) is 5.64. The zero-order chi connectivity index (χ0) is 12.3. The van der Waals surface area contributed by atoms with Crippen LogP contribution in [0.4, 0.5) is 5.69 Å². The first-order valence-electron chi connectivity index (χ1n) is 5.86. The predicted octanol–water partition coefficient (Wildman–Crippen LogP) is 3.03. The Morgan fingerprint density at radius 2 is 2.29 bits per heavy atom. The summed E-state index contributed by atoms with van der Waals surface area (Å²) in [6.45, 7) is 7.15. The Morgan fingerprint density at radius 1 is 1.47 bits per heavy atom. The number of benzene rings is 1. The summed E-state index contributed by atoms with van der Waals surface area (Å²) in [5, 5.41) is 3.23. The van der Waals surface area contributed by atoms with E-state index in [-0.39, 0.29) is 5.78 Å². The van der Waals surface area contributed by atoms with E-state index in [1.165, 1.54) is 0 Å². The summed E-state index contributed by atoms with van der Waals surface area (Å²) in [4.78, 5) is 12.1. The fraction of sp³-hybridized carbons (Fsp3) is 0.357. The standard InChI is InChI=1S/C14H17NO2/c1-10(2)6-7-13(16)11-4-3-5-12-14(11)17-9-8-15-12/h3-5,15H,1,6-9H2,2H3. The first-order valence-corrected chi connectivity index (χ1v) is 5.86. The lowest BCUT2D eigenvalue weighted by molar-refractivity contribution is 0.0979. The smallest absolute Gasteiger partial charge is 0.166 e. The molecule has 1 aromatic rings. The molecule has 90 valence electrons. The van der Waals surface area contributed by atoms with Crippen LogP contribution in [0.2, 0.25) is 0 Å². The van der Waals surface area contributed by atoms with Gasteiger partial charge in [0.1, 0.15) is 6.61 Å². The summed E-state index contributed by atoms with van der Waals surface area (Å²) in [7, 11) is 0. The lowest BCUT2D eigenvalue weighted by Crippen LogP contribution is -2.20. The molecule has 17 heavy (non-hydrogen) atoms. The van der Waals surface area contributed by atoms with Gasteiger partial charge < -0.3 is 10.1 Å². The zero-order valence-electron chi connectivity index (χ0n) is 10.1. The minimum Gasteiger partial charge on any atom is -0.489 e. The summed E-state index contributed by atoms with van der Waals surface area (Å²) in [6.07, 6.45) is 1.23. The van der Waals surface area contributed by atoms with Gasteiger partial charge >= 0.3 is 0 Å². The Balaban J connectivity index is 2.20. The molecule has 2 rings (SSSR count). The van der Waals surface area contributed by atoms with Gasteiger partial charge in [-0.3, -0.25) is 4.79 Å². The van der Waals surface area contributed by atoms with Crippen LogP contribution >= 0.6 is 0 Å². The highest BCUT2D eigenvalue weighted by Gasteiger charge is 2.18. The van der Waals surface area contributed by atoms with Gasteiger partial charge in [-0.05, 0) is 25.5 Å². The molecule has 1 aromatic carbocycles. The summed E-state index contributed by atoms with van der Waals surface area (Å²) in [5.41, 5.74) is 2.62. The highest BCUT2D eigenvalue weighted by molar-refractivity contribution is 6.00. The van der Waals surface area contributed by atoms with Crippen molar-refractivity contribution in [2.75, 3.05) is 18.5 Å². The molecule has 1 heterocycles. The molecule has 0 aromatic heterocycles. The van der Waals surface area contributed by atoms with Crippen molar-refractivity contribution in [2.45, 2.75) is 19.8 Å². The van der Waals surface area contributed by atoms with E-state index in [1.54, 1.807) is 0 Å². The summed E-state index contributed by atoms with van der Waals surface area (Å²) < 4.78 is 5.58. The van der Waals surface area contributed by atoms with E-state index >= 15 is 0 Å². The number of ether oxygens (including phenoxy) is 1. The third-order valence-electron chi connectivity index (χ3n) is 2.76. The van der Waals surface area contributed by atoms with Crippen LogP contribution in [0.1, 0.15) is 30.1 Å². The monoisotopic (exact) mass is 231 g/mol. The Morgan fingerprint density at radius 3 is 3.06 bits per heavy atom. The van der Waals surface area contributed by atoms with Crippen molar-refractivity contribution in [3.05, 3.63) is 35.9 Å². The fourth-order valence-corrected chi connectivity index (χ4v) is 1.85. The second-order valence-electron chi connectivity index (χ2n) is 4.34. The van der Waals surface area contributed by atoms with Gasteiger partial charge in [0, 0.05) is 13.0 Å². The molecule has 1 N–H and O–H groups in total. The molecule has 0 spiro atoms. The van der Waals surface area contributed by atoms with Crippen LogP contribution in [0.15, 0.2) is 30.4 Å². The number of carbonyl (C=O) groups excluding carboxylic acids is 1. The van der Waals surface area contributed by atoms with Crippen LogP contribution in [0.5, 0.6) is 5.75 Å². The molecule has 0 radical (unpaired) electrons. The van der Waals surface area contributed by atoms with Gasteiger partial charge in [0.05, 0.1) is 11.3 Å². The third kappa shape index (κ3) is 2.67. The van der Waals surface area contributed by atoms with Gasteiger partial charge in [-0.15, -0.1) is 6.58 Å². The highest BCUT2D eigenvalue weighted by Crippen LogP contribution is 2.32. The second-order valence-corrected chi connectivity index (χ2v) is 4.34. The van der Waals surface area contributed by atoms with Crippen LogP contribution in [0, 0.1) is 0 Å². The molecule has 0 aliphatic carbocycles. The van der Waals surface area contributed by atoms with Crippen LogP contribution in [-0.4, -0.2) is 18.9 Å². The highest BCUT2D eigenvalue weighted by atomic mass is 16.5. The molecular weight excluding hydrogens is 214 g/mol. The maximum Gasteiger partial charge on any atom is 0.166 e. The van der Waals surface area contributed by atoms with E-state index in [2.05, 4.69) is 11.9 Å². The molecule has 0 bridgehead atoms. The van der Waals surface area contributed by atoms with Crippen LogP contribution in [-0.2, 0) is 0 Å². The van der Waals surface area contributed by atoms with Crippen molar-refractivity contribution in [1.29, 1.82) is 0 Å². The number of rotatable bonds is 4. The van der Waals surface area contributed by atoms with E-state index < -0.39 is 0 Å². The molecule has 0 fully saturated rings. The van der Waals surface area contributed by atoms with E-state index in [9.17, 15) is 4.79 Å². The Labute approximate surface area is 101 Å². The van der Waals surface area contributed by atoms with Gasteiger partial charge in [-0.2, -0.15) is 0 Å². The van der Waals surface area contributed by atoms with Gasteiger partial charge in [0.15, 0.2) is 11.5 Å². The van der Waals surface area contributed by atoms with Crippen molar-refractivity contribution < 1.29 is 9.53 Å². The lowest BCUT2D eigenvalue weighted by Gasteiger charge is -2.21. The number of allylic oxidation sites excluding steroid dienone is 1. The third-order valence-corrected chi connectivity index (χ3v) is 2.76. The number of fused-ring (bicyclic) bond motifs is 1. The molecule has 1 aliphatic rings. The number of hydrogen-bond acceptors (Lipinski definition) is 3. The van der Waals surface area contributed by atoms with Crippen LogP contribution < -0.4 is 10.1 Å². The number of ketones is 1. The first kappa shape index (κ1) is 11.7. The van der Waals surface area contributed by atoms with Crippen molar-refractivity contribution in [2.24, 2.45) is 0 Å². The summed E-state index contributed by atoms with van der Waals surface area (Å²) in [5.74, 6) is 0.819. The maximum atomic E-state index is 12.1. The number of nitrogens with one attached hydrogen (secondary N) is 1. The number of para-hydroxylation sites is 1. The largest absolute Gasteiger partial charge is 0.489 e. The van der Waals surface area contributed by atoms with Gasteiger partial charge in [-0.25, -0.2) is 0 Å². The zero-order valence-corrected chi connectivity index (χ0v) is 10.1. The predicted molar refractivity (Wildman–Crippen MR) is 68.8 cm³/mol. The number of Topliss-reactive ketones (excluding diaryl/α,β-unsaturated/α-hetero) is 1. The molecular formula is C14H17NO2. The van der Waals surface area contributed by atoms with Crippen molar-refractivity contribution in [3.8, 4) is 5.75 Å². The molecule has 3 heteroatoms. The van der Waals surface area contributed by atoms with Crippen LogP contribution in [0.25, 0.3) is 0 Å². The molecule has 1 aliphatic heterocycles. The van der Waals surface area contributed by atoms with E-state index in [4.69, 9.17) is 4.74 Å². The Bertz CT molecular complexity index is 452. The molecule has 0 unspecified atom stereocenters. The Kier molecular flexibility index (Phi) is 3.47. The lowest BCUT2D eigenvalue weighted by atomic mass is 10.0. The normalized spacial score (nSPS) is 13.2. The maximum absolute atomic E-state index is 12.1. The topological polar surface area (TPSA) is 38.3 Å². The quantitative estimate of drug-likeness (QED) is 0.639. The molecule has 0 amide bonds. The fourth-order valence-electron chi connectivity index (χ4n) is 1.85. The average Bonchev–Trinajstić information content (AvgIpc) is 2.35. The molecule has 0 saturated carbocycles. The molecule has 0 saturated heterocycles. The van der Waals surface area contributed by atoms with Gasteiger partial charge in [-0.1, -0.05) is 11.6 Å². The average molecular weight is 231 g/mol. The summed E-state index contributed by atoms with van der Waals surface area (Å²) >= 11 is 0. The molecule has 3 nitrogen and oxygen atoms in total. The van der Waals surface area contributed by atoms with Crippen LogP contribution in [0.3, 0.4) is 0 Å². The van der Waals surface area contributed by atoms with Crippen molar-refractivity contribution in [1.82, 2.24) is 0 Å². The minimum absolute atomic E-state index is 0.119. The second kappa shape index (κ2) is 5.04. The van der Waals surface area contributed by atoms with Gasteiger partial charge in [0.2, 0.25) is 0 Å². The van der Waals surface area contributed by atoms with E-state index in [0.717, 1.165) is 24.2 Å². The van der Waals surface area contributed by atoms with Gasteiger partial charge in [0.25, 0.3) is 0 Å². The SMILES string of the molecule is C=C(C)CCC(=O)c1cccc2c1OCCN2. The number of carbonyl (C=O) groups is 1. The minimum atomic E-state index is 0.119. The van der Waals surface area contributed by atoms with Crippen molar-refractivity contribution in [3.63, 3.8) is 0 Å². The van der Waals surface area contributed by atoms with Crippen molar-refractivity contribution >= 4 is 11.5 Å². The molecule has 0 atom stereocenters. The van der Waals surface area contributed by atoms with E-state index in [1.807, 2.05) is 25.1 Å². The van der Waals surface area contributed by atoms with E-state index in [0.29, 0.717) is 24.3 Å².